The minimum absolute atomic E-state index is 0.516. The molecule has 1 aliphatic rings. The zero-order chi connectivity index (χ0) is 12.1. The van der Waals surface area contributed by atoms with E-state index < -0.39 is 0 Å². The highest BCUT2D eigenvalue weighted by molar-refractivity contribution is 5.32. The van der Waals surface area contributed by atoms with Crippen LogP contribution in [0.1, 0.15) is 36.9 Å². The molecule has 94 valence electrons. The molecule has 1 unspecified atom stereocenters. The molecule has 1 heterocycles. The maximum atomic E-state index is 3.64. The first-order valence-electron chi connectivity index (χ1n) is 6.81. The normalized spacial score (nSPS) is 19.4. The molecular formula is C15H24N2. The van der Waals surface area contributed by atoms with Gasteiger partial charge in [0.05, 0.1) is 0 Å². The summed E-state index contributed by atoms with van der Waals surface area (Å²) in [7, 11) is 2.23. The van der Waals surface area contributed by atoms with E-state index in [1.54, 1.807) is 0 Å². The predicted molar refractivity (Wildman–Crippen MR) is 73.3 cm³/mol. The Labute approximate surface area is 105 Å². The fourth-order valence-corrected chi connectivity index (χ4v) is 2.59. The van der Waals surface area contributed by atoms with E-state index in [0.29, 0.717) is 6.04 Å². The molecule has 1 atom stereocenters. The summed E-state index contributed by atoms with van der Waals surface area (Å²) >= 11 is 0. The van der Waals surface area contributed by atoms with E-state index in [-0.39, 0.29) is 0 Å². The van der Waals surface area contributed by atoms with Crippen molar-refractivity contribution in [2.75, 3.05) is 26.7 Å². The quantitative estimate of drug-likeness (QED) is 0.839. The second kappa shape index (κ2) is 6.18. The lowest BCUT2D eigenvalue weighted by molar-refractivity contribution is 0.281. The lowest BCUT2D eigenvalue weighted by Crippen LogP contribution is -2.37. The fraction of sp³-hybridized carbons (Fsp3) is 0.600. The molecule has 2 rings (SSSR count). The summed E-state index contributed by atoms with van der Waals surface area (Å²) < 4.78 is 0. The summed E-state index contributed by atoms with van der Waals surface area (Å²) in [4.78, 5) is 2.45. The molecule has 1 aromatic rings. The summed E-state index contributed by atoms with van der Waals surface area (Å²) in [5.74, 6) is 0. The third-order valence-corrected chi connectivity index (χ3v) is 3.60. The van der Waals surface area contributed by atoms with Gasteiger partial charge in [0.2, 0.25) is 0 Å². The Morgan fingerprint density at radius 1 is 1.35 bits per heavy atom. The Balaban J connectivity index is 1.98. The second-order valence-corrected chi connectivity index (χ2v) is 5.07. The van der Waals surface area contributed by atoms with Crippen molar-refractivity contribution in [1.29, 1.82) is 0 Å². The molecule has 2 nitrogen and oxygen atoms in total. The zero-order valence-corrected chi connectivity index (χ0v) is 11.1. The van der Waals surface area contributed by atoms with Gasteiger partial charge in [0, 0.05) is 12.6 Å². The Hall–Kier alpha value is -0.860. The Morgan fingerprint density at radius 3 is 3.00 bits per heavy atom. The number of unbranched alkanes of at least 4 members (excludes halogenated alkanes) is 1. The number of nitrogens with zero attached hydrogens (tertiary/aromatic N) is 1. The first-order valence-corrected chi connectivity index (χ1v) is 6.81. The molecule has 0 aromatic heterocycles. The van der Waals surface area contributed by atoms with Crippen LogP contribution in [0.4, 0.5) is 0 Å². The van der Waals surface area contributed by atoms with Gasteiger partial charge in [0.15, 0.2) is 0 Å². The van der Waals surface area contributed by atoms with Crippen LogP contribution in [-0.2, 0) is 6.42 Å². The summed E-state index contributed by atoms with van der Waals surface area (Å²) in [5.41, 5.74) is 3.03. The molecule has 1 aromatic carbocycles. The number of rotatable bonds is 5. The van der Waals surface area contributed by atoms with E-state index in [1.807, 2.05) is 0 Å². The smallest absolute Gasteiger partial charge is 0.0452 e. The number of hydrogen-bond donors (Lipinski definition) is 1. The first kappa shape index (κ1) is 12.6. The van der Waals surface area contributed by atoms with Gasteiger partial charge in [0.25, 0.3) is 0 Å². The highest BCUT2D eigenvalue weighted by atomic mass is 15.1. The van der Waals surface area contributed by atoms with Crippen LogP contribution in [0.5, 0.6) is 0 Å². The summed E-state index contributed by atoms with van der Waals surface area (Å²) in [6.45, 7) is 5.69. The third kappa shape index (κ3) is 3.30. The predicted octanol–water partition coefficient (Wildman–Crippen LogP) is 2.61. The molecule has 1 N–H and O–H groups in total. The molecule has 0 radical (unpaired) electrons. The second-order valence-electron chi connectivity index (χ2n) is 5.07. The highest BCUT2D eigenvalue weighted by Crippen LogP contribution is 2.23. The number of benzene rings is 1. The number of nitrogens with one attached hydrogen (secondary N) is 1. The number of fused-ring (bicyclic) bond motifs is 1. The van der Waals surface area contributed by atoms with E-state index in [4.69, 9.17) is 0 Å². The van der Waals surface area contributed by atoms with Crippen LogP contribution in [0.2, 0.25) is 0 Å². The van der Waals surface area contributed by atoms with Crippen LogP contribution in [0, 0.1) is 0 Å². The maximum absolute atomic E-state index is 3.64. The zero-order valence-electron chi connectivity index (χ0n) is 11.1. The van der Waals surface area contributed by atoms with Crippen molar-refractivity contribution >= 4 is 0 Å². The van der Waals surface area contributed by atoms with Gasteiger partial charge in [-0.3, -0.25) is 0 Å². The first-order chi connectivity index (χ1) is 8.31. The highest BCUT2D eigenvalue weighted by Gasteiger charge is 2.19. The largest absolute Gasteiger partial charge is 0.309 e. The van der Waals surface area contributed by atoms with Crippen molar-refractivity contribution in [1.82, 2.24) is 10.2 Å². The summed E-state index contributed by atoms with van der Waals surface area (Å²) in [6, 6.07) is 9.38. The average molecular weight is 232 g/mol. The van der Waals surface area contributed by atoms with Gasteiger partial charge in [-0.15, -0.1) is 0 Å². The van der Waals surface area contributed by atoms with Gasteiger partial charge in [0.1, 0.15) is 0 Å². The summed E-state index contributed by atoms with van der Waals surface area (Å²) in [6.07, 6.45) is 3.75. The molecule has 0 spiro atoms. The number of hydrogen-bond acceptors (Lipinski definition) is 2. The third-order valence-electron chi connectivity index (χ3n) is 3.60. The molecule has 0 bridgehead atoms. The van der Waals surface area contributed by atoms with Crippen LogP contribution in [0.25, 0.3) is 0 Å². The molecular weight excluding hydrogens is 208 g/mol. The maximum Gasteiger partial charge on any atom is 0.0452 e. The van der Waals surface area contributed by atoms with Crippen molar-refractivity contribution in [3.8, 4) is 0 Å². The molecule has 0 saturated heterocycles. The van der Waals surface area contributed by atoms with E-state index in [9.17, 15) is 0 Å². The van der Waals surface area contributed by atoms with Crippen molar-refractivity contribution < 1.29 is 0 Å². The van der Waals surface area contributed by atoms with Crippen molar-refractivity contribution in [3.63, 3.8) is 0 Å². The fourth-order valence-electron chi connectivity index (χ4n) is 2.59. The minimum Gasteiger partial charge on any atom is -0.309 e. The molecule has 0 amide bonds. The molecule has 17 heavy (non-hydrogen) atoms. The minimum atomic E-state index is 0.516. The van der Waals surface area contributed by atoms with Gasteiger partial charge in [-0.1, -0.05) is 37.6 Å². The SMILES string of the molecule is CCCCN(C)CC1NCCc2ccccc21. The monoisotopic (exact) mass is 232 g/mol. The van der Waals surface area contributed by atoms with E-state index in [0.717, 1.165) is 13.1 Å². The van der Waals surface area contributed by atoms with Crippen LogP contribution >= 0.6 is 0 Å². The molecule has 0 saturated carbocycles. The van der Waals surface area contributed by atoms with Crippen molar-refractivity contribution in [3.05, 3.63) is 35.4 Å². The van der Waals surface area contributed by atoms with Crippen LogP contribution in [0.15, 0.2) is 24.3 Å². The standard InChI is InChI=1S/C15H24N2/c1-3-4-11-17(2)12-15-14-8-6-5-7-13(14)9-10-16-15/h5-8,15-16H,3-4,9-12H2,1-2H3. The van der Waals surface area contributed by atoms with Crippen LogP contribution in [-0.4, -0.2) is 31.6 Å². The van der Waals surface area contributed by atoms with Gasteiger partial charge in [-0.25, -0.2) is 0 Å². The van der Waals surface area contributed by atoms with E-state index >= 15 is 0 Å². The average Bonchev–Trinajstić information content (AvgIpc) is 2.37. The van der Waals surface area contributed by atoms with E-state index in [2.05, 4.69) is 48.5 Å². The Kier molecular flexibility index (Phi) is 4.57. The van der Waals surface area contributed by atoms with Gasteiger partial charge in [-0.2, -0.15) is 0 Å². The lowest BCUT2D eigenvalue weighted by atomic mass is 9.94. The van der Waals surface area contributed by atoms with Crippen molar-refractivity contribution in [2.24, 2.45) is 0 Å². The van der Waals surface area contributed by atoms with Gasteiger partial charge >= 0.3 is 0 Å². The molecule has 0 aliphatic carbocycles. The van der Waals surface area contributed by atoms with Crippen LogP contribution < -0.4 is 5.32 Å². The van der Waals surface area contributed by atoms with E-state index in [1.165, 1.54) is 36.9 Å². The van der Waals surface area contributed by atoms with Gasteiger partial charge < -0.3 is 10.2 Å². The number of likely N-dealkylation sites (N-methyl/N-ethyl adjacent to an activating group) is 1. The molecule has 0 fully saturated rings. The Morgan fingerprint density at radius 2 is 2.18 bits per heavy atom. The molecule has 2 heteroatoms. The lowest BCUT2D eigenvalue weighted by Gasteiger charge is -2.30. The topological polar surface area (TPSA) is 15.3 Å². The summed E-state index contributed by atoms with van der Waals surface area (Å²) in [5, 5.41) is 3.64. The van der Waals surface area contributed by atoms with Crippen molar-refractivity contribution in [2.45, 2.75) is 32.2 Å². The Bertz CT molecular complexity index is 349. The van der Waals surface area contributed by atoms with Crippen LogP contribution in [0.3, 0.4) is 0 Å². The van der Waals surface area contributed by atoms with Gasteiger partial charge in [-0.05, 0) is 44.1 Å². The molecule has 1 aliphatic heterocycles.